The Kier molecular flexibility index (Phi) is 4.15. The number of halogens is 1. The molecule has 0 aliphatic heterocycles. The van der Waals surface area contributed by atoms with Crippen LogP contribution in [-0.4, -0.2) is 23.3 Å². The molecule has 94 valence electrons. The first-order chi connectivity index (χ1) is 8.74. The number of aromatic nitrogens is 2. The first-order valence-corrected chi connectivity index (χ1v) is 6.47. The number of rotatable bonds is 4. The van der Waals surface area contributed by atoms with Crippen molar-refractivity contribution in [1.82, 2.24) is 10.2 Å². The maximum atomic E-state index is 5.96. The summed E-state index contributed by atoms with van der Waals surface area (Å²) in [4.78, 5) is 2.16. The molecule has 18 heavy (non-hydrogen) atoms. The predicted octanol–water partition coefficient (Wildman–Crippen LogP) is 3.64. The van der Waals surface area contributed by atoms with Gasteiger partial charge in [-0.25, -0.2) is 0 Å². The van der Waals surface area contributed by atoms with E-state index in [2.05, 4.69) is 28.9 Å². The van der Waals surface area contributed by atoms with Crippen LogP contribution in [0, 0.1) is 0 Å². The van der Waals surface area contributed by atoms with Crippen molar-refractivity contribution in [1.29, 1.82) is 0 Å². The van der Waals surface area contributed by atoms with E-state index in [9.17, 15) is 0 Å². The highest BCUT2D eigenvalue weighted by molar-refractivity contribution is 6.30. The minimum Gasteiger partial charge on any atom is -0.356 e. The van der Waals surface area contributed by atoms with Gasteiger partial charge in [-0.2, -0.15) is 0 Å². The number of nitrogens with zero attached hydrogens (tertiary/aromatic N) is 3. The monoisotopic (exact) mass is 261 g/mol. The molecular weight excluding hydrogens is 246 g/mol. The van der Waals surface area contributed by atoms with Crippen LogP contribution >= 0.6 is 11.6 Å². The molecule has 0 spiro atoms. The van der Waals surface area contributed by atoms with E-state index in [0.29, 0.717) is 5.02 Å². The smallest absolute Gasteiger partial charge is 0.151 e. The van der Waals surface area contributed by atoms with Crippen molar-refractivity contribution < 1.29 is 0 Å². The van der Waals surface area contributed by atoms with E-state index in [1.807, 2.05) is 36.4 Å². The van der Waals surface area contributed by atoms with Crippen LogP contribution in [0.25, 0.3) is 11.3 Å². The first-order valence-electron chi connectivity index (χ1n) is 6.09. The van der Waals surface area contributed by atoms with Crippen molar-refractivity contribution in [3.8, 4) is 11.3 Å². The van der Waals surface area contributed by atoms with Crippen LogP contribution in [0.2, 0.25) is 5.02 Å². The molecule has 0 atom stereocenters. The van der Waals surface area contributed by atoms with Gasteiger partial charge < -0.3 is 4.90 Å². The minimum atomic E-state index is 0.710. The zero-order valence-electron chi connectivity index (χ0n) is 10.6. The molecule has 0 aliphatic carbocycles. The number of hydrogen-bond donors (Lipinski definition) is 0. The van der Waals surface area contributed by atoms with Gasteiger partial charge in [0, 0.05) is 23.7 Å². The predicted molar refractivity (Wildman–Crippen MR) is 76.0 cm³/mol. The Bertz CT molecular complexity index is 507. The van der Waals surface area contributed by atoms with E-state index < -0.39 is 0 Å². The second-order valence-corrected chi connectivity index (χ2v) is 4.40. The van der Waals surface area contributed by atoms with Gasteiger partial charge in [-0.1, -0.05) is 23.7 Å². The van der Waals surface area contributed by atoms with Gasteiger partial charge in [0.1, 0.15) is 0 Å². The van der Waals surface area contributed by atoms with E-state index in [1.54, 1.807) is 0 Å². The third-order valence-electron chi connectivity index (χ3n) is 2.86. The fourth-order valence-electron chi connectivity index (χ4n) is 1.84. The van der Waals surface area contributed by atoms with Crippen molar-refractivity contribution in [3.05, 3.63) is 41.4 Å². The maximum absolute atomic E-state index is 5.96. The molecule has 0 unspecified atom stereocenters. The lowest BCUT2D eigenvalue weighted by Gasteiger charge is -2.18. The van der Waals surface area contributed by atoms with Gasteiger partial charge in [0.15, 0.2) is 5.82 Å². The minimum absolute atomic E-state index is 0.710. The number of benzene rings is 1. The number of anilines is 1. The van der Waals surface area contributed by atoms with Crippen LogP contribution in [0.3, 0.4) is 0 Å². The molecule has 2 aromatic rings. The molecule has 0 saturated heterocycles. The highest BCUT2D eigenvalue weighted by atomic mass is 35.5. The van der Waals surface area contributed by atoms with Gasteiger partial charge >= 0.3 is 0 Å². The van der Waals surface area contributed by atoms with Crippen molar-refractivity contribution in [2.45, 2.75) is 13.8 Å². The molecule has 0 N–H and O–H groups in total. The summed E-state index contributed by atoms with van der Waals surface area (Å²) in [5.74, 6) is 0.908. The topological polar surface area (TPSA) is 29.0 Å². The standard InChI is InChI=1S/C14H16ClN3/c1-3-18(4-2)14-9-8-13(16-17-14)11-6-5-7-12(15)10-11/h5-10H,3-4H2,1-2H3. The second-order valence-electron chi connectivity index (χ2n) is 3.96. The Balaban J connectivity index is 2.27. The largest absolute Gasteiger partial charge is 0.356 e. The molecule has 0 bridgehead atoms. The molecule has 4 heteroatoms. The quantitative estimate of drug-likeness (QED) is 0.841. The Morgan fingerprint density at radius 3 is 2.39 bits per heavy atom. The molecule has 0 amide bonds. The van der Waals surface area contributed by atoms with Crippen LogP contribution in [0.1, 0.15) is 13.8 Å². The molecule has 0 fully saturated rings. The van der Waals surface area contributed by atoms with Gasteiger partial charge in [0.2, 0.25) is 0 Å². The zero-order valence-corrected chi connectivity index (χ0v) is 11.4. The average Bonchev–Trinajstić information content (AvgIpc) is 2.41. The van der Waals surface area contributed by atoms with Crippen LogP contribution in [0.5, 0.6) is 0 Å². The number of hydrogen-bond acceptors (Lipinski definition) is 3. The summed E-state index contributed by atoms with van der Waals surface area (Å²) in [7, 11) is 0. The Hall–Kier alpha value is -1.61. The molecule has 1 heterocycles. The Morgan fingerprint density at radius 1 is 1.06 bits per heavy atom. The summed E-state index contributed by atoms with van der Waals surface area (Å²) in [6, 6.07) is 11.6. The van der Waals surface area contributed by atoms with Crippen molar-refractivity contribution >= 4 is 17.4 Å². The fraction of sp³-hybridized carbons (Fsp3) is 0.286. The van der Waals surface area contributed by atoms with E-state index in [1.165, 1.54) is 0 Å². The van der Waals surface area contributed by atoms with Gasteiger partial charge in [-0.05, 0) is 38.1 Å². The Labute approximate surface area is 112 Å². The summed E-state index contributed by atoms with van der Waals surface area (Å²) < 4.78 is 0. The SMILES string of the molecule is CCN(CC)c1ccc(-c2cccc(Cl)c2)nn1. The summed E-state index contributed by atoms with van der Waals surface area (Å²) in [5.41, 5.74) is 1.83. The molecule has 3 nitrogen and oxygen atoms in total. The lowest BCUT2D eigenvalue weighted by Crippen LogP contribution is -2.23. The average molecular weight is 262 g/mol. The van der Waals surface area contributed by atoms with Gasteiger partial charge in [0.25, 0.3) is 0 Å². The van der Waals surface area contributed by atoms with Crippen LogP contribution in [0.15, 0.2) is 36.4 Å². The highest BCUT2D eigenvalue weighted by Crippen LogP contribution is 2.21. The first kappa shape index (κ1) is 12.8. The molecule has 2 rings (SSSR count). The zero-order chi connectivity index (χ0) is 13.0. The molecule has 0 radical (unpaired) electrons. The van der Waals surface area contributed by atoms with Gasteiger partial charge in [0.05, 0.1) is 5.69 Å². The normalized spacial score (nSPS) is 10.4. The van der Waals surface area contributed by atoms with Crippen LogP contribution in [0.4, 0.5) is 5.82 Å². The third-order valence-corrected chi connectivity index (χ3v) is 3.09. The molecule has 1 aromatic heterocycles. The lowest BCUT2D eigenvalue weighted by atomic mass is 10.1. The third kappa shape index (κ3) is 2.79. The summed E-state index contributed by atoms with van der Waals surface area (Å²) in [6.45, 7) is 6.08. The molecule has 0 saturated carbocycles. The van der Waals surface area contributed by atoms with Gasteiger partial charge in [-0.3, -0.25) is 0 Å². The maximum Gasteiger partial charge on any atom is 0.151 e. The van der Waals surface area contributed by atoms with Gasteiger partial charge in [-0.15, -0.1) is 10.2 Å². The summed E-state index contributed by atoms with van der Waals surface area (Å²) in [5, 5.41) is 9.23. The van der Waals surface area contributed by atoms with E-state index >= 15 is 0 Å². The Morgan fingerprint density at radius 2 is 1.83 bits per heavy atom. The summed E-state index contributed by atoms with van der Waals surface area (Å²) in [6.07, 6.45) is 0. The van der Waals surface area contributed by atoms with E-state index in [-0.39, 0.29) is 0 Å². The fourth-order valence-corrected chi connectivity index (χ4v) is 2.03. The molecular formula is C14H16ClN3. The van der Waals surface area contributed by atoms with Crippen LogP contribution < -0.4 is 4.90 Å². The van der Waals surface area contributed by atoms with Crippen molar-refractivity contribution in [2.75, 3.05) is 18.0 Å². The van der Waals surface area contributed by atoms with Crippen molar-refractivity contribution in [3.63, 3.8) is 0 Å². The van der Waals surface area contributed by atoms with E-state index in [4.69, 9.17) is 11.6 Å². The van der Waals surface area contributed by atoms with E-state index in [0.717, 1.165) is 30.2 Å². The second kappa shape index (κ2) is 5.83. The van der Waals surface area contributed by atoms with Crippen LogP contribution in [-0.2, 0) is 0 Å². The molecule has 1 aromatic carbocycles. The summed E-state index contributed by atoms with van der Waals surface area (Å²) >= 11 is 5.96. The lowest BCUT2D eigenvalue weighted by molar-refractivity contribution is 0.826. The molecule has 0 aliphatic rings. The highest BCUT2D eigenvalue weighted by Gasteiger charge is 2.05. The van der Waals surface area contributed by atoms with Crippen molar-refractivity contribution in [2.24, 2.45) is 0 Å².